The summed E-state index contributed by atoms with van der Waals surface area (Å²) in [6.45, 7) is 13.5. The number of nitrogens with two attached hydrogens (primary N) is 1. The molecule has 44 heavy (non-hydrogen) atoms. The first-order chi connectivity index (χ1) is 20.5. The summed E-state index contributed by atoms with van der Waals surface area (Å²) >= 11 is 0. The predicted octanol–water partition coefficient (Wildman–Crippen LogP) is 2.67. The van der Waals surface area contributed by atoms with Crippen LogP contribution in [0, 0.1) is 46.3 Å². The Kier molecular flexibility index (Phi) is 8.52. The highest BCUT2D eigenvalue weighted by atomic mass is 16.5. The first-order valence-electron chi connectivity index (χ1n) is 17.4. The smallest absolute Gasteiger partial charge is 0.159 e. The number of ketones is 1. The molecule has 9 nitrogen and oxygen atoms in total. The number of aliphatic hydroxyl groups excluding tert-OH is 2. The van der Waals surface area contributed by atoms with Gasteiger partial charge in [-0.2, -0.15) is 0 Å². The Morgan fingerprint density at radius 2 is 1.84 bits per heavy atom. The van der Waals surface area contributed by atoms with Gasteiger partial charge in [-0.05, 0) is 99.1 Å². The van der Waals surface area contributed by atoms with Gasteiger partial charge in [0.1, 0.15) is 6.10 Å². The number of allylic oxidation sites excluding steroid dienone is 1. The van der Waals surface area contributed by atoms with Gasteiger partial charge < -0.3 is 41.0 Å². The number of piperidine rings is 1. The number of fused-ring (bicyclic) bond motifs is 7. The van der Waals surface area contributed by atoms with Crippen molar-refractivity contribution in [1.82, 2.24) is 5.32 Å². The van der Waals surface area contributed by atoms with Crippen LogP contribution in [0.25, 0.3) is 0 Å². The number of rotatable bonds is 7. The van der Waals surface area contributed by atoms with Gasteiger partial charge >= 0.3 is 0 Å². The number of hydrogen-bond donors (Lipinski definition) is 6. The van der Waals surface area contributed by atoms with Crippen LogP contribution in [0.1, 0.15) is 92.9 Å². The van der Waals surface area contributed by atoms with Crippen LogP contribution in [0.5, 0.6) is 0 Å². The third-order valence-electron chi connectivity index (χ3n) is 13.9. The number of carbonyl (C=O) groups excluding carboxylic acids is 1. The summed E-state index contributed by atoms with van der Waals surface area (Å²) in [5, 5.41) is 50.6. The summed E-state index contributed by atoms with van der Waals surface area (Å²) in [4.78, 5) is 13.9. The Morgan fingerprint density at radius 3 is 2.52 bits per heavy atom. The summed E-state index contributed by atoms with van der Waals surface area (Å²) in [6, 6.07) is 0. The first-order valence-corrected chi connectivity index (χ1v) is 17.4. The van der Waals surface area contributed by atoms with Gasteiger partial charge in [-0.1, -0.05) is 34.6 Å². The largest absolute Gasteiger partial charge is 0.390 e. The third-order valence-corrected chi connectivity index (χ3v) is 13.9. The summed E-state index contributed by atoms with van der Waals surface area (Å²) in [6.07, 6.45) is 4.21. The van der Waals surface area contributed by atoms with Gasteiger partial charge in [-0.25, -0.2) is 0 Å². The van der Waals surface area contributed by atoms with Crippen LogP contribution in [-0.2, 0) is 14.3 Å². The summed E-state index contributed by atoms with van der Waals surface area (Å²) in [5.74, 6) is -0.0378. The number of hydrogen-bond acceptors (Lipinski definition) is 9. The molecule has 4 aliphatic carbocycles. The van der Waals surface area contributed by atoms with Crippen molar-refractivity contribution in [3.8, 4) is 0 Å². The maximum atomic E-state index is 13.9. The molecule has 6 aliphatic rings. The van der Waals surface area contributed by atoms with Gasteiger partial charge in [0, 0.05) is 30.3 Å². The van der Waals surface area contributed by atoms with Crippen molar-refractivity contribution in [2.24, 2.45) is 52.1 Å². The van der Waals surface area contributed by atoms with Crippen LogP contribution >= 0.6 is 0 Å². The molecule has 15 unspecified atom stereocenters. The number of ether oxygens (including phenoxy) is 2. The van der Waals surface area contributed by atoms with Crippen LogP contribution in [0.3, 0.4) is 0 Å². The molecule has 2 aliphatic heterocycles. The molecule has 2 saturated heterocycles. The molecule has 0 radical (unpaired) electrons. The predicted molar refractivity (Wildman–Crippen MR) is 166 cm³/mol. The molecule has 3 saturated carbocycles. The lowest BCUT2D eigenvalue weighted by molar-refractivity contribution is -0.177. The minimum atomic E-state index is -1.34. The fourth-order valence-electron chi connectivity index (χ4n) is 11.0. The van der Waals surface area contributed by atoms with E-state index in [2.05, 4.69) is 26.1 Å². The topological polar surface area (TPSA) is 154 Å². The van der Waals surface area contributed by atoms with E-state index in [1.807, 2.05) is 13.8 Å². The van der Waals surface area contributed by atoms with E-state index in [1.54, 1.807) is 13.0 Å². The van der Waals surface area contributed by atoms with Crippen molar-refractivity contribution in [1.29, 1.82) is 0 Å². The molecule has 0 aromatic carbocycles. The van der Waals surface area contributed by atoms with E-state index < -0.39 is 46.4 Å². The van der Waals surface area contributed by atoms with Gasteiger partial charge in [0.15, 0.2) is 5.78 Å². The fraction of sp³-hybridized carbons (Fsp3) is 0.914. The number of aliphatic hydroxyl groups is 4. The number of nitrogens with one attached hydrogen (secondary N) is 1. The quantitative estimate of drug-likeness (QED) is 0.253. The highest BCUT2D eigenvalue weighted by Crippen LogP contribution is 2.70. The van der Waals surface area contributed by atoms with Crippen molar-refractivity contribution in [3.63, 3.8) is 0 Å². The average molecular weight is 619 g/mol. The lowest BCUT2D eigenvalue weighted by Gasteiger charge is -2.60. The van der Waals surface area contributed by atoms with Crippen LogP contribution in [0.2, 0.25) is 0 Å². The molecule has 0 aromatic heterocycles. The Balaban J connectivity index is 1.20. The average Bonchev–Trinajstić information content (AvgIpc) is 3.35. The van der Waals surface area contributed by atoms with Gasteiger partial charge in [-0.15, -0.1) is 0 Å². The van der Waals surface area contributed by atoms with Crippen molar-refractivity contribution in [2.75, 3.05) is 13.2 Å². The summed E-state index contributed by atoms with van der Waals surface area (Å²) in [5.41, 5.74) is 2.95. The molecule has 7 N–H and O–H groups in total. The molecule has 9 heteroatoms. The van der Waals surface area contributed by atoms with Crippen molar-refractivity contribution in [2.45, 2.75) is 141 Å². The second-order valence-electron chi connectivity index (χ2n) is 16.7. The zero-order valence-corrected chi connectivity index (χ0v) is 27.7. The Labute approximate surface area is 263 Å². The fourth-order valence-corrected chi connectivity index (χ4v) is 11.0. The van der Waals surface area contributed by atoms with Gasteiger partial charge in [0.05, 0.1) is 41.8 Å². The molecular weight excluding hydrogens is 560 g/mol. The van der Waals surface area contributed by atoms with Crippen LogP contribution in [0.4, 0.5) is 0 Å². The molecule has 0 amide bonds. The van der Waals surface area contributed by atoms with Crippen LogP contribution < -0.4 is 11.1 Å². The second kappa shape index (κ2) is 11.4. The van der Waals surface area contributed by atoms with E-state index in [0.29, 0.717) is 31.8 Å². The molecule has 250 valence electrons. The zero-order chi connectivity index (χ0) is 32.0. The number of carbonyl (C=O) groups is 1. The molecule has 0 aromatic rings. The molecule has 15 atom stereocenters. The SMILES string of the molecule is CC(C)C(C)C(O)C1OC2CC3(O)C4=CC(=O)C5CC(OCCC6CCNC(N)C6)C(O)CC5(C)C4CCC3(C)C2C1(C)O. The maximum Gasteiger partial charge on any atom is 0.159 e. The molecule has 0 spiro atoms. The van der Waals surface area contributed by atoms with E-state index in [1.165, 1.54) is 0 Å². The molecule has 5 fully saturated rings. The summed E-state index contributed by atoms with van der Waals surface area (Å²) in [7, 11) is 0. The minimum absolute atomic E-state index is 0.00467. The highest BCUT2D eigenvalue weighted by molar-refractivity contribution is 5.95. The maximum absolute atomic E-state index is 13.9. The lowest BCUT2D eigenvalue weighted by atomic mass is 9.45. The van der Waals surface area contributed by atoms with Crippen LogP contribution in [0.15, 0.2) is 11.6 Å². The normalized spacial score (nSPS) is 51.7. The van der Waals surface area contributed by atoms with Crippen molar-refractivity contribution in [3.05, 3.63) is 11.6 Å². The molecule has 0 bridgehead atoms. The molecular formula is C35H58N2O7. The lowest BCUT2D eigenvalue weighted by Crippen LogP contribution is -2.63. The summed E-state index contributed by atoms with van der Waals surface area (Å²) < 4.78 is 12.7. The molecule has 6 rings (SSSR count). The van der Waals surface area contributed by atoms with E-state index in [-0.39, 0.29) is 54.1 Å². The third kappa shape index (κ3) is 4.90. The van der Waals surface area contributed by atoms with E-state index in [0.717, 1.165) is 37.8 Å². The van der Waals surface area contributed by atoms with E-state index >= 15 is 0 Å². The van der Waals surface area contributed by atoms with Crippen molar-refractivity contribution < 1.29 is 34.7 Å². The minimum Gasteiger partial charge on any atom is -0.390 e. The Hall–Kier alpha value is -0.910. The van der Waals surface area contributed by atoms with Gasteiger partial charge in [0.25, 0.3) is 0 Å². The van der Waals surface area contributed by atoms with E-state index in [4.69, 9.17) is 15.2 Å². The monoisotopic (exact) mass is 618 g/mol. The zero-order valence-electron chi connectivity index (χ0n) is 27.7. The van der Waals surface area contributed by atoms with Gasteiger partial charge in [-0.3, -0.25) is 4.79 Å². The first kappa shape index (κ1) is 33.0. The van der Waals surface area contributed by atoms with Crippen LogP contribution in [-0.4, -0.2) is 87.2 Å². The Bertz CT molecular complexity index is 1140. The molecule has 2 heterocycles. The Morgan fingerprint density at radius 1 is 1.11 bits per heavy atom. The second-order valence-corrected chi connectivity index (χ2v) is 16.7. The highest BCUT2D eigenvalue weighted by Gasteiger charge is 2.75. The van der Waals surface area contributed by atoms with E-state index in [9.17, 15) is 25.2 Å². The van der Waals surface area contributed by atoms with Gasteiger partial charge in [0.2, 0.25) is 0 Å². The standard InChI is InChI=1S/C35H58N2O7/c1-18(2)19(3)29(40)31-34(6,41)30-27(44-31)17-35(42)22-14-24(38)23-15-26(43-12-9-20-8-11-37-28(36)13-20)25(39)16-32(23,4)21(22)7-10-33(30,35)5/h14,18-21,23,25-31,37,39-42H,7-13,15-17,36H2,1-6H3. The van der Waals surface area contributed by atoms with Crippen molar-refractivity contribution >= 4 is 5.78 Å².